The van der Waals surface area contributed by atoms with Crippen LogP contribution in [-0.4, -0.2) is 44.6 Å². The number of aromatic carboxylic acids is 1. The number of piperidine rings is 1. The second-order valence-corrected chi connectivity index (χ2v) is 11.5. The van der Waals surface area contributed by atoms with Gasteiger partial charge in [0.1, 0.15) is 11.5 Å². The van der Waals surface area contributed by atoms with Crippen LogP contribution in [0.1, 0.15) is 66.1 Å². The molecule has 4 heterocycles. The van der Waals surface area contributed by atoms with E-state index in [0.29, 0.717) is 51.2 Å². The Morgan fingerprint density at radius 3 is 2.42 bits per heavy atom. The normalized spacial score (nSPS) is 22.1. The van der Waals surface area contributed by atoms with E-state index in [-0.39, 0.29) is 23.8 Å². The molecule has 9 nitrogen and oxygen atoms in total. The van der Waals surface area contributed by atoms with Crippen molar-refractivity contribution in [3.8, 4) is 22.6 Å². The maximum Gasteiger partial charge on any atom is 0.335 e. The molecule has 2 atom stereocenters. The Bertz CT molecular complexity index is 1550. The highest BCUT2D eigenvalue weighted by atomic mass is 35.5. The number of ether oxygens (including phenoxy) is 1. The zero-order valence-electron chi connectivity index (χ0n) is 21.4. The smallest absolute Gasteiger partial charge is 0.335 e. The van der Waals surface area contributed by atoms with Gasteiger partial charge in [-0.05, 0) is 62.8 Å². The minimum Gasteiger partial charge on any atom is -0.478 e. The largest absolute Gasteiger partial charge is 0.478 e. The van der Waals surface area contributed by atoms with Gasteiger partial charge in [-0.15, -0.1) is 0 Å². The van der Waals surface area contributed by atoms with Gasteiger partial charge < -0.3 is 23.8 Å². The Labute approximate surface area is 240 Å². The van der Waals surface area contributed by atoms with E-state index in [9.17, 15) is 9.90 Å². The van der Waals surface area contributed by atoms with E-state index in [1.807, 2.05) is 6.07 Å². The molecule has 0 amide bonds. The first kappa shape index (κ1) is 25.6. The molecule has 11 heteroatoms. The summed E-state index contributed by atoms with van der Waals surface area (Å²) in [5.41, 5.74) is 3.05. The fourth-order valence-corrected chi connectivity index (χ4v) is 6.63. The average Bonchev–Trinajstić information content (AvgIpc) is 3.41. The number of halogens is 2. The van der Waals surface area contributed by atoms with E-state index in [1.165, 1.54) is 6.07 Å². The van der Waals surface area contributed by atoms with Crippen molar-refractivity contribution in [2.75, 3.05) is 4.90 Å². The van der Waals surface area contributed by atoms with Gasteiger partial charge in [-0.25, -0.2) is 4.79 Å². The van der Waals surface area contributed by atoms with Crippen LogP contribution in [0.5, 0.6) is 0 Å². The second kappa shape index (κ2) is 10.2. The van der Waals surface area contributed by atoms with Gasteiger partial charge in [0.05, 0.1) is 28.3 Å². The van der Waals surface area contributed by atoms with E-state index in [2.05, 4.69) is 20.2 Å². The predicted octanol–water partition coefficient (Wildman–Crippen LogP) is 6.99. The lowest BCUT2D eigenvalue weighted by Gasteiger charge is -2.37. The highest BCUT2D eigenvalue weighted by molar-refractivity contribution is 6.39. The third kappa shape index (κ3) is 4.66. The molecule has 7 rings (SSSR count). The van der Waals surface area contributed by atoms with E-state index < -0.39 is 5.97 Å². The number of carboxylic acid groups (broad SMARTS) is 1. The minimum absolute atomic E-state index is 0.0555. The molecule has 2 bridgehead atoms. The van der Waals surface area contributed by atoms with E-state index in [1.54, 1.807) is 30.3 Å². The molecule has 40 heavy (non-hydrogen) atoms. The Morgan fingerprint density at radius 1 is 1.00 bits per heavy atom. The molecule has 206 valence electrons. The fourth-order valence-electron chi connectivity index (χ4n) is 6.05. The Kier molecular flexibility index (Phi) is 6.53. The summed E-state index contributed by atoms with van der Waals surface area (Å²) >= 11 is 13.0. The van der Waals surface area contributed by atoms with Crippen LogP contribution >= 0.6 is 23.2 Å². The van der Waals surface area contributed by atoms with Crippen molar-refractivity contribution in [1.29, 1.82) is 0 Å². The van der Waals surface area contributed by atoms with Crippen molar-refractivity contribution in [2.45, 2.75) is 69.2 Å². The lowest BCUT2D eigenvalue weighted by molar-refractivity contribution is 0.0138. The predicted molar refractivity (Wildman–Crippen MR) is 148 cm³/mol. The number of anilines is 1. The van der Waals surface area contributed by atoms with E-state index >= 15 is 0 Å². The summed E-state index contributed by atoms with van der Waals surface area (Å²) in [6.45, 7) is 0.376. The van der Waals surface area contributed by atoms with Crippen LogP contribution < -0.4 is 4.90 Å². The SMILES string of the molecule is O=C(O)c1cccc(-c2noc(N3C4CCC3CC(OCc3c(-c5c(Cl)cccc5Cl)noc3C3CC3)C4)n2)c1. The zero-order chi connectivity index (χ0) is 27.4. The molecule has 4 aromatic rings. The van der Waals surface area contributed by atoms with Crippen LogP contribution in [0.4, 0.5) is 6.01 Å². The highest BCUT2D eigenvalue weighted by Gasteiger charge is 2.44. The molecule has 1 N–H and O–H groups in total. The molecule has 2 unspecified atom stereocenters. The standard InChI is InChI=1S/C29H26Cl2N4O5/c30-22-5-2-6-23(31)24(22)25-21(26(39-33-25)15-7-8-15)14-38-20-12-18-9-10-19(13-20)35(18)29-32-27(34-40-29)16-3-1-4-17(11-16)28(36)37/h1-6,11,15,18-20H,7-10,12-14H2,(H,36,37). The van der Waals surface area contributed by atoms with Crippen LogP contribution in [0.3, 0.4) is 0 Å². The van der Waals surface area contributed by atoms with Crippen molar-refractivity contribution >= 4 is 35.2 Å². The molecule has 1 aliphatic carbocycles. The summed E-state index contributed by atoms with van der Waals surface area (Å²) in [6, 6.07) is 12.9. The number of benzene rings is 2. The van der Waals surface area contributed by atoms with Crippen molar-refractivity contribution in [3.63, 3.8) is 0 Å². The molecule has 1 saturated carbocycles. The van der Waals surface area contributed by atoms with Gasteiger partial charge in [0.15, 0.2) is 0 Å². The van der Waals surface area contributed by atoms with Crippen molar-refractivity contribution in [1.82, 2.24) is 15.3 Å². The summed E-state index contributed by atoms with van der Waals surface area (Å²) < 4.78 is 18.0. The first-order valence-corrected chi connectivity index (χ1v) is 14.2. The summed E-state index contributed by atoms with van der Waals surface area (Å²) in [5, 5.41) is 18.9. The van der Waals surface area contributed by atoms with Gasteiger partial charge in [-0.2, -0.15) is 4.98 Å². The zero-order valence-corrected chi connectivity index (χ0v) is 22.9. The van der Waals surface area contributed by atoms with Gasteiger partial charge in [0.2, 0.25) is 5.82 Å². The molecule has 2 aliphatic heterocycles. The average molecular weight is 581 g/mol. The number of fused-ring (bicyclic) bond motifs is 2. The Hall–Kier alpha value is -3.40. The maximum absolute atomic E-state index is 11.4. The van der Waals surface area contributed by atoms with Crippen LogP contribution in [-0.2, 0) is 11.3 Å². The van der Waals surface area contributed by atoms with Crippen LogP contribution in [0.15, 0.2) is 51.5 Å². The summed E-state index contributed by atoms with van der Waals surface area (Å²) in [4.78, 5) is 18.2. The van der Waals surface area contributed by atoms with Crippen LogP contribution in [0.25, 0.3) is 22.6 Å². The van der Waals surface area contributed by atoms with Gasteiger partial charge >= 0.3 is 12.0 Å². The monoisotopic (exact) mass is 580 g/mol. The number of aromatic nitrogens is 3. The van der Waals surface area contributed by atoms with Crippen LogP contribution in [0, 0.1) is 0 Å². The second-order valence-electron chi connectivity index (χ2n) is 10.7. The van der Waals surface area contributed by atoms with Crippen molar-refractivity contribution in [3.05, 3.63) is 69.4 Å². The third-order valence-electron chi connectivity index (χ3n) is 8.12. The van der Waals surface area contributed by atoms with Gasteiger partial charge in [0, 0.05) is 34.7 Å². The van der Waals surface area contributed by atoms with Gasteiger partial charge in [0.25, 0.3) is 0 Å². The molecule has 2 aromatic heterocycles. The molecule has 0 spiro atoms. The summed E-state index contributed by atoms with van der Waals surface area (Å²) in [6.07, 6.45) is 5.89. The molecule has 3 aliphatic rings. The minimum atomic E-state index is -0.997. The van der Waals surface area contributed by atoms with Crippen LogP contribution in [0.2, 0.25) is 10.0 Å². The first-order valence-electron chi connectivity index (χ1n) is 13.5. The maximum atomic E-state index is 11.4. The Morgan fingerprint density at radius 2 is 1.73 bits per heavy atom. The van der Waals surface area contributed by atoms with Gasteiger partial charge in [-0.1, -0.05) is 51.7 Å². The highest BCUT2D eigenvalue weighted by Crippen LogP contribution is 2.47. The fraction of sp³-hybridized carbons (Fsp3) is 0.379. The number of carboxylic acids is 1. The summed E-state index contributed by atoms with van der Waals surface area (Å²) in [7, 11) is 0. The molecular weight excluding hydrogens is 555 g/mol. The number of hydrogen-bond donors (Lipinski definition) is 1. The molecule has 2 saturated heterocycles. The number of nitrogens with zero attached hydrogens (tertiary/aromatic N) is 4. The number of carbonyl (C=O) groups is 1. The first-order chi connectivity index (χ1) is 19.5. The molecular formula is C29H26Cl2N4O5. The Balaban J connectivity index is 1.07. The topological polar surface area (TPSA) is 115 Å². The lowest BCUT2D eigenvalue weighted by Crippen LogP contribution is -2.45. The molecule has 3 fully saturated rings. The molecule has 2 aromatic carbocycles. The van der Waals surface area contributed by atoms with E-state index in [4.69, 9.17) is 37.0 Å². The molecule has 0 radical (unpaired) electrons. The van der Waals surface area contributed by atoms with Crippen molar-refractivity contribution in [2.24, 2.45) is 0 Å². The third-order valence-corrected chi connectivity index (χ3v) is 8.75. The van der Waals surface area contributed by atoms with E-state index in [0.717, 1.165) is 49.8 Å². The number of hydrogen-bond acceptors (Lipinski definition) is 8. The summed E-state index contributed by atoms with van der Waals surface area (Å²) in [5.74, 6) is 0.615. The van der Waals surface area contributed by atoms with Crippen molar-refractivity contribution < 1.29 is 23.7 Å². The number of rotatable bonds is 8. The lowest BCUT2D eigenvalue weighted by atomic mass is 9.99. The quantitative estimate of drug-likeness (QED) is 0.235. The van der Waals surface area contributed by atoms with Gasteiger partial charge in [-0.3, -0.25) is 0 Å².